The predicted octanol–water partition coefficient (Wildman–Crippen LogP) is 3.87. The highest BCUT2D eigenvalue weighted by atomic mass is 15.0. The molecule has 2 heterocycles. The predicted molar refractivity (Wildman–Crippen MR) is 76.4 cm³/mol. The number of hydrogen-bond acceptors (Lipinski definition) is 1. The Balaban J connectivity index is 2.10. The zero-order chi connectivity index (χ0) is 11.9. The molecule has 0 bridgehead atoms. The van der Waals surface area contributed by atoms with Crippen molar-refractivity contribution < 1.29 is 0 Å². The number of benzene rings is 1. The van der Waals surface area contributed by atoms with Gasteiger partial charge in [0.15, 0.2) is 0 Å². The van der Waals surface area contributed by atoms with Gasteiger partial charge in [-0.15, -0.1) is 0 Å². The molecule has 0 fully saturated rings. The number of hydrogen-bond donors (Lipinski definition) is 0. The highest BCUT2D eigenvalue weighted by molar-refractivity contribution is 6.32. The maximum atomic E-state index is 4.50. The molecule has 2 aromatic rings. The summed E-state index contributed by atoms with van der Waals surface area (Å²) in [6.45, 7) is 0. The summed E-state index contributed by atoms with van der Waals surface area (Å²) in [6.07, 6.45) is 13.5. The van der Waals surface area contributed by atoms with E-state index in [1.807, 2.05) is 12.4 Å². The third-order valence-corrected chi connectivity index (χ3v) is 3.46. The highest BCUT2D eigenvalue weighted by Gasteiger charge is 2.18. The molecule has 1 aliphatic carbocycles. The van der Waals surface area contributed by atoms with E-state index in [0.717, 1.165) is 12.1 Å². The van der Waals surface area contributed by atoms with Gasteiger partial charge in [-0.05, 0) is 12.5 Å². The Kier molecular flexibility index (Phi) is 1.92. The van der Waals surface area contributed by atoms with Crippen LogP contribution in [0.2, 0.25) is 0 Å². The van der Waals surface area contributed by atoms with Gasteiger partial charge in [0.25, 0.3) is 0 Å². The summed E-state index contributed by atoms with van der Waals surface area (Å²) in [5.41, 5.74) is 3.55. The molecule has 1 aromatic carbocycles. The molecule has 2 heteroatoms. The van der Waals surface area contributed by atoms with Gasteiger partial charge in [-0.3, -0.25) is 4.99 Å². The number of allylic oxidation sites excluding steroid dienone is 4. The first-order valence-electron chi connectivity index (χ1n) is 6.15. The summed E-state index contributed by atoms with van der Waals surface area (Å²) >= 11 is 0. The Bertz CT molecular complexity index is 754. The zero-order valence-electron chi connectivity index (χ0n) is 9.88. The minimum atomic E-state index is 0.980. The first-order chi connectivity index (χ1) is 8.93. The molecule has 1 aliphatic heterocycles. The molecule has 4 rings (SSSR count). The average Bonchev–Trinajstić information content (AvgIpc) is 2.68. The van der Waals surface area contributed by atoms with Crippen molar-refractivity contribution in [3.63, 3.8) is 0 Å². The van der Waals surface area contributed by atoms with Crippen LogP contribution < -0.4 is 0 Å². The topological polar surface area (TPSA) is 17.3 Å². The second-order valence-electron chi connectivity index (χ2n) is 4.54. The minimum Gasteiger partial charge on any atom is -0.320 e. The standard InChI is InChI=1S/C16H12N2/c1-2-6-13-12(5-1)11-18-10-9-17-15-8-4-3-7-14(15)16(13)18/h1-2,4-11H,3H2. The van der Waals surface area contributed by atoms with Crippen molar-refractivity contribution >= 4 is 28.3 Å². The summed E-state index contributed by atoms with van der Waals surface area (Å²) in [6, 6.07) is 8.50. The van der Waals surface area contributed by atoms with Gasteiger partial charge in [-0.1, -0.05) is 36.4 Å². The summed E-state index contributed by atoms with van der Waals surface area (Å²) in [4.78, 5) is 4.50. The monoisotopic (exact) mass is 232 g/mol. The van der Waals surface area contributed by atoms with Crippen LogP contribution in [0.4, 0.5) is 0 Å². The van der Waals surface area contributed by atoms with Crippen molar-refractivity contribution in [2.24, 2.45) is 4.99 Å². The maximum absolute atomic E-state index is 4.50. The van der Waals surface area contributed by atoms with E-state index < -0.39 is 0 Å². The maximum Gasteiger partial charge on any atom is 0.0717 e. The normalized spacial score (nSPS) is 16.9. The molecular weight excluding hydrogens is 220 g/mol. The van der Waals surface area contributed by atoms with Crippen molar-refractivity contribution in [2.45, 2.75) is 6.42 Å². The van der Waals surface area contributed by atoms with Crippen molar-refractivity contribution in [1.29, 1.82) is 0 Å². The van der Waals surface area contributed by atoms with E-state index >= 15 is 0 Å². The van der Waals surface area contributed by atoms with Gasteiger partial charge in [0.05, 0.1) is 11.4 Å². The number of aliphatic imine (C=N–C) groups is 1. The van der Waals surface area contributed by atoms with E-state index in [1.165, 1.54) is 22.0 Å². The Morgan fingerprint density at radius 2 is 2.11 bits per heavy atom. The molecular formula is C16H12N2. The fraction of sp³-hybridized carbons (Fsp3) is 0.0625. The van der Waals surface area contributed by atoms with Crippen molar-refractivity contribution in [3.05, 3.63) is 60.6 Å². The van der Waals surface area contributed by atoms with E-state index in [4.69, 9.17) is 0 Å². The third-order valence-electron chi connectivity index (χ3n) is 3.46. The lowest BCUT2D eigenvalue weighted by atomic mass is 9.98. The first kappa shape index (κ1) is 9.66. The van der Waals surface area contributed by atoms with Gasteiger partial charge in [0, 0.05) is 34.9 Å². The summed E-state index contributed by atoms with van der Waals surface area (Å²) in [5.74, 6) is 0. The van der Waals surface area contributed by atoms with Gasteiger partial charge < -0.3 is 4.57 Å². The summed E-state index contributed by atoms with van der Waals surface area (Å²) in [7, 11) is 0. The Morgan fingerprint density at radius 1 is 1.17 bits per heavy atom. The van der Waals surface area contributed by atoms with Crippen LogP contribution in [-0.4, -0.2) is 10.3 Å². The number of fused-ring (bicyclic) bond motifs is 5. The first-order valence-corrected chi connectivity index (χ1v) is 6.15. The van der Waals surface area contributed by atoms with E-state index in [1.54, 1.807) is 0 Å². The van der Waals surface area contributed by atoms with Crippen LogP contribution in [0, 0.1) is 0 Å². The lowest BCUT2D eigenvalue weighted by Crippen LogP contribution is -2.03. The Hall–Kier alpha value is -2.35. The second kappa shape index (κ2) is 3.57. The Labute approximate surface area is 105 Å². The van der Waals surface area contributed by atoms with Crippen LogP contribution in [0.25, 0.3) is 22.5 Å². The molecule has 2 nitrogen and oxygen atoms in total. The molecule has 0 unspecified atom stereocenters. The number of rotatable bonds is 0. The highest BCUT2D eigenvalue weighted by Crippen LogP contribution is 2.32. The third kappa shape index (κ3) is 1.26. The van der Waals surface area contributed by atoms with Crippen molar-refractivity contribution in [1.82, 2.24) is 4.57 Å². The lowest BCUT2D eigenvalue weighted by molar-refractivity contribution is 1.15. The second-order valence-corrected chi connectivity index (χ2v) is 4.54. The van der Waals surface area contributed by atoms with Gasteiger partial charge in [-0.2, -0.15) is 0 Å². The molecule has 0 N–H and O–H groups in total. The molecule has 86 valence electrons. The van der Waals surface area contributed by atoms with E-state index in [0.29, 0.717) is 0 Å². The van der Waals surface area contributed by atoms with Crippen molar-refractivity contribution in [3.8, 4) is 0 Å². The quantitative estimate of drug-likeness (QED) is 0.656. The molecule has 0 saturated carbocycles. The minimum absolute atomic E-state index is 0.980. The Morgan fingerprint density at radius 3 is 3.11 bits per heavy atom. The van der Waals surface area contributed by atoms with E-state index in [-0.39, 0.29) is 0 Å². The molecule has 0 radical (unpaired) electrons. The van der Waals surface area contributed by atoms with Crippen LogP contribution in [0.1, 0.15) is 12.1 Å². The van der Waals surface area contributed by atoms with Crippen LogP contribution >= 0.6 is 0 Å². The van der Waals surface area contributed by atoms with Gasteiger partial charge in [-0.25, -0.2) is 0 Å². The molecule has 0 spiro atoms. The molecule has 2 aliphatic rings. The molecule has 0 saturated heterocycles. The van der Waals surface area contributed by atoms with Gasteiger partial charge in [0.2, 0.25) is 0 Å². The largest absolute Gasteiger partial charge is 0.320 e. The molecule has 0 amide bonds. The fourth-order valence-electron chi connectivity index (χ4n) is 2.66. The molecule has 0 atom stereocenters. The van der Waals surface area contributed by atoms with Crippen LogP contribution in [0.5, 0.6) is 0 Å². The average molecular weight is 232 g/mol. The fourth-order valence-corrected chi connectivity index (χ4v) is 2.66. The van der Waals surface area contributed by atoms with Gasteiger partial charge in [0.1, 0.15) is 0 Å². The zero-order valence-corrected chi connectivity index (χ0v) is 9.88. The SMILES string of the molecule is C1=CC2=NC=Cn3cc4ccccc4c3C2=CC1. The smallest absolute Gasteiger partial charge is 0.0717 e. The van der Waals surface area contributed by atoms with Crippen LogP contribution in [0.15, 0.2) is 59.9 Å². The number of nitrogens with zero attached hydrogens (tertiary/aromatic N) is 2. The van der Waals surface area contributed by atoms with Gasteiger partial charge >= 0.3 is 0 Å². The molecule has 18 heavy (non-hydrogen) atoms. The lowest BCUT2D eigenvalue weighted by Gasteiger charge is -2.11. The summed E-state index contributed by atoms with van der Waals surface area (Å²) < 4.78 is 2.17. The van der Waals surface area contributed by atoms with E-state index in [2.05, 4.69) is 58.2 Å². The van der Waals surface area contributed by atoms with E-state index in [9.17, 15) is 0 Å². The number of aromatic nitrogens is 1. The molecule has 1 aromatic heterocycles. The van der Waals surface area contributed by atoms with Crippen molar-refractivity contribution in [2.75, 3.05) is 0 Å². The van der Waals surface area contributed by atoms with Crippen LogP contribution in [-0.2, 0) is 0 Å². The summed E-state index contributed by atoms with van der Waals surface area (Å²) in [5, 5.41) is 2.56. The van der Waals surface area contributed by atoms with Crippen LogP contribution in [0.3, 0.4) is 0 Å².